The first-order valence-corrected chi connectivity index (χ1v) is 10.7. The van der Waals surface area contributed by atoms with Crippen LogP contribution in [0.2, 0.25) is 0 Å². The Balaban J connectivity index is 1.42. The number of likely N-dealkylation sites (N-methyl/N-ethyl adjacent to an activating group) is 1. The topological polar surface area (TPSA) is 55.9 Å². The van der Waals surface area contributed by atoms with Crippen LogP contribution in [-0.4, -0.2) is 72.5 Å². The van der Waals surface area contributed by atoms with Gasteiger partial charge in [-0.2, -0.15) is 0 Å². The number of piperidine rings is 1. The maximum absolute atomic E-state index is 12.6. The quantitative estimate of drug-likeness (QED) is 0.846. The minimum Gasteiger partial charge on any atom is -0.340 e. The van der Waals surface area contributed by atoms with E-state index >= 15 is 0 Å². The van der Waals surface area contributed by atoms with Gasteiger partial charge >= 0.3 is 6.03 Å². The molecule has 2 aliphatic rings. The molecule has 6 heteroatoms. The second-order valence-corrected chi connectivity index (χ2v) is 8.10. The number of likely N-dealkylation sites (tertiary alicyclic amines) is 1. The zero-order valence-electron chi connectivity index (χ0n) is 17.3. The highest BCUT2D eigenvalue weighted by Gasteiger charge is 2.26. The summed E-state index contributed by atoms with van der Waals surface area (Å²) in [5.74, 6) is 0.690. The Morgan fingerprint density at radius 1 is 1.04 bits per heavy atom. The van der Waals surface area contributed by atoms with Crippen LogP contribution in [0.3, 0.4) is 0 Å². The number of urea groups is 1. The van der Waals surface area contributed by atoms with Crippen molar-refractivity contribution in [2.45, 2.75) is 39.5 Å². The van der Waals surface area contributed by atoms with Gasteiger partial charge in [-0.25, -0.2) is 4.79 Å². The molecule has 2 saturated heterocycles. The van der Waals surface area contributed by atoms with Gasteiger partial charge in [-0.3, -0.25) is 4.79 Å². The zero-order valence-corrected chi connectivity index (χ0v) is 17.3. The van der Waals surface area contributed by atoms with Crippen LogP contribution in [0.5, 0.6) is 0 Å². The van der Waals surface area contributed by atoms with Crippen molar-refractivity contribution >= 4 is 17.6 Å². The monoisotopic (exact) mass is 386 g/mol. The van der Waals surface area contributed by atoms with E-state index in [4.69, 9.17) is 0 Å². The SMILES string of the molecule is CCN1CCN(C(=O)CC[C@@H]2CCCN(C(=O)Nc3ccc(C)cc3)C2)CC1. The minimum atomic E-state index is -0.0319. The number of hydrogen-bond acceptors (Lipinski definition) is 3. The average Bonchev–Trinajstić information content (AvgIpc) is 2.74. The Kier molecular flexibility index (Phi) is 7.31. The highest BCUT2D eigenvalue weighted by molar-refractivity contribution is 5.89. The van der Waals surface area contributed by atoms with E-state index in [2.05, 4.69) is 17.1 Å². The zero-order chi connectivity index (χ0) is 19.9. The Hall–Kier alpha value is -2.08. The summed E-state index contributed by atoms with van der Waals surface area (Å²) < 4.78 is 0. The number of carbonyl (C=O) groups excluding carboxylic acids is 2. The minimum absolute atomic E-state index is 0.0319. The second kappa shape index (κ2) is 9.92. The summed E-state index contributed by atoms with van der Waals surface area (Å²) in [6.07, 6.45) is 3.59. The molecule has 0 bridgehead atoms. The largest absolute Gasteiger partial charge is 0.340 e. The normalized spacial score (nSPS) is 20.9. The Labute approximate surface area is 168 Å². The lowest BCUT2D eigenvalue weighted by molar-refractivity contribution is -0.133. The van der Waals surface area contributed by atoms with E-state index in [1.165, 1.54) is 5.56 Å². The summed E-state index contributed by atoms with van der Waals surface area (Å²) in [6.45, 7) is 10.5. The molecule has 1 aromatic carbocycles. The van der Waals surface area contributed by atoms with E-state index in [0.29, 0.717) is 12.3 Å². The average molecular weight is 387 g/mol. The molecule has 2 fully saturated rings. The lowest BCUT2D eigenvalue weighted by Crippen LogP contribution is -2.48. The van der Waals surface area contributed by atoms with Gasteiger partial charge in [0.25, 0.3) is 0 Å². The number of benzene rings is 1. The van der Waals surface area contributed by atoms with Gasteiger partial charge in [-0.05, 0) is 50.8 Å². The fourth-order valence-electron chi connectivity index (χ4n) is 4.12. The van der Waals surface area contributed by atoms with Crippen molar-refractivity contribution in [3.63, 3.8) is 0 Å². The molecule has 1 N–H and O–H groups in total. The number of rotatable bonds is 5. The van der Waals surface area contributed by atoms with E-state index in [-0.39, 0.29) is 11.9 Å². The summed E-state index contributed by atoms with van der Waals surface area (Å²) in [4.78, 5) is 31.4. The Morgan fingerprint density at radius 2 is 1.75 bits per heavy atom. The first kappa shape index (κ1) is 20.6. The third kappa shape index (κ3) is 5.71. The van der Waals surface area contributed by atoms with E-state index in [1.54, 1.807) is 0 Å². The molecule has 0 unspecified atom stereocenters. The molecule has 0 spiro atoms. The van der Waals surface area contributed by atoms with E-state index in [9.17, 15) is 9.59 Å². The molecular weight excluding hydrogens is 352 g/mol. The molecule has 1 aromatic rings. The first-order valence-electron chi connectivity index (χ1n) is 10.7. The maximum Gasteiger partial charge on any atom is 0.321 e. The molecule has 2 aliphatic heterocycles. The molecule has 3 rings (SSSR count). The Bertz CT molecular complexity index is 653. The summed E-state index contributed by atoms with van der Waals surface area (Å²) in [7, 11) is 0. The van der Waals surface area contributed by atoms with Crippen LogP contribution in [0.4, 0.5) is 10.5 Å². The third-order valence-corrected chi connectivity index (χ3v) is 6.05. The van der Waals surface area contributed by atoms with Gasteiger partial charge in [-0.1, -0.05) is 24.6 Å². The van der Waals surface area contributed by atoms with Crippen LogP contribution < -0.4 is 5.32 Å². The van der Waals surface area contributed by atoms with E-state index in [1.807, 2.05) is 41.0 Å². The number of anilines is 1. The molecule has 0 saturated carbocycles. The molecule has 0 aliphatic carbocycles. The first-order chi connectivity index (χ1) is 13.5. The highest BCUT2D eigenvalue weighted by atomic mass is 16.2. The smallest absolute Gasteiger partial charge is 0.321 e. The lowest BCUT2D eigenvalue weighted by atomic mass is 9.93. The van der Waals surface area contributed by atoms with Gasteiger partial charge in [-0.15, -0.1) is 0 Å². The van der Waals surface area contributed by atoms with Gasteiger partial charge in [0.1, 0.15) is 0 Å². The summed E-state index contributed by atoms with van der Waals surface area (Å²) >= 11 is 0. The van der Waals surface area contributed by atoms with Crippen LogP contribution in [0.25, 0.3) is 0 Å². The molecule has 6 nitrogen and oxygen atoms in total. The number of nitrogens with zero attached hydrogens (tertiary/aromatic N) is 3. The number of nitrogens with one attached hydrogen (secondary N) is 1. The maximum atomic E-state index is 12.6. The second-order valence-electron chi connectivity index (χ2n) is 8.10. The summed E-state index contributed by atoms with van der Waals surface area (Å²) in [6, 6.07) is 7.84. The van der Waals surface area contributed by atoms with Crippen LogP contribution >= 0.6 is 0 Å². The lowest BCUT2D eigenvalue weighted by Gasteiger charge is -2.35. The van der Waals surface area contributed by atoms with Gasteiger partial charge in [0, 0.05) is 51.4 Å². The van der Waals surface area contributed by atoms with Crippen LogP contribution in [0.1, 0.15) is 38.2 Å². The fourth-order valence-corrected chi connectivity index (χ4v) is 4.12. The molecular formula is C22H34N4O2. The summed E-state index contributed by atoms with van der Waals surface area (Å²) in [5, 5.41) is 2.99. The number of aryl methyl sites for hydroxylation is 1. The van der Waals surface area contributed by atoms with Crippen molar-refractivity contribution < 1.29 is 9.59 Å². The molecule has 28 heavy (non-hydrogen) atoms. The van der Waals surface area contributed by atoms with Crippen molar-refractivity contribution in [1.29, 1.82) is 0 Å². The third-order valence-electron chi connectivity index (χ3n) is 6.05. The highest BCUT2D eigenvalue weighted by Crippen LogP contribution is 2.22. The number of amides is 3. The molecule has 154 valence electrons. The van der Waals surface area contributed by atoms with Gasteiger partial charge < -0.3 is 20.0 Å². The predicted molar refractivity (Wildman–Crippen MR) is 112 cm³/mol. The van der Waals surface area contributed by atoms with Gasteiger partial charge in [0.2, 0.25) is 5.91 Å². The fraction of sp³-hybridized carbons (Fsp3) is 0.636. The van der Waals surface area contributed by atoms with Crippen LogP contribution in [0, 0.1) is 12.8 Å². The van der Waals surface area contributed by atoms with E-state index in [0.717, 1.165) is 70.8 Å². The van der Waals surface area contributed by atoms with Gasteiger partial charge in [0.15, 0.2) is 0 Å². The molecule has 0 aromatic heterocycles. The van der Waals surface area contributed by atoms with Crippen molar-refractivity contribution in [3.8, 4) is 0 Å². The van der Waals surface area contributed by atoms with E-state index < -0.39 is 0 Å². The van der Waals surface area contributed by atoms with Crippen LogP contribution in [0.15, 0.2) is 24.3 Å². The van der Waals surface area contributed by atoms with Crippen molar-refractivity contribution in [1.82, 2.24) is 14.7 Å². The molecule has 1 atom stereocenters. The van der Waals surface area contributed by atoms with Crippen molar-refractivity contribution in [2.75, 3.05) is 51.1 Å². The van der Waals surface area contributed by atoms with Crippen LogP contribution in [-0.2, 0) is 4.79 Å². The molecule has 3 amide bonds. The predicted octanol–water partition coefficient (Wildman–Crippen LogP) is 3.18. The molecule has 0 radical (unpaired) electrons. The van der Waals surface area contributed by atoms with Crippen molar-refractivity contribution in [2.24, 2.45) is 5.92 Å². The standard InChI is InChI=1S/C22H34N4O2/c1-3-24-13-15-25(16-14-24)21(27)11-8-19-5-4-12-26(17-19)22(28)23-20-9-6-18(2)7-10-20/h6-7,9-10,19H,3-5,8,11-17H2,1-2H3,(H,23,28)/t19-/m0/s1. The van der Waals surface area contributed by atoms with Gasteiger partial charge in [0.05, 0.1) is 0 Å². The van der Waals surface area contributed by atoms with Crippen molar-refractivity contribution in [3.05, 3.63) is 29.8 Å². The number of hydrogen-bond donors (Lipinski definition) is 1. The molecule has 2 heterocycles. The number of carbonyl (C=O) groups is 2. The Morgan fingerprint density at radius 3 is 2.43 bits per heavy atom. The number of piperazine rings is 1. The summed E-state index contributed by atoms with van der Waals surface area (Å²) in [5.41, 5.74) is 2.01.